The number of hydrogen-bond donors (Lipinski definition) is 1. The number of nitrogens with zero attached hydrogens (tertiary/aromatic N) is 1. The highest BCUT2D eigenvalue weighted by Gasteiger charge is 2.23. The Kier molecular flexibility index (Phi) is 5.35. The van der Waals surface area contributed by atoms with Crippen LogP contribution in [0.15, 0.2) is 41.8 Å². The van der Waals surface area contributed by atoms with Gasteiger partial charge in [0.2, 0.25) is 0 Å². The van der Waals surface area contributed by atoms with Gasteiger partial charge in [-0.25, -0.2) is 0 Å². The molecule has 1 aromatic heterocycles. The van der Waals surface area contributed by atoms with Crippen LogP contribution >= 0.6 is 11.3 Å². The maximum atomic E-state index is 6.29. The van der Waals surface area contributed by atoms with Crippen molar-refractivity contribution in [3.05, 3.63) is 57.8 Å². The van der Waals surface area contributed by atoms with E-state index in [-0.39, 0.29) is 12.1 Å². The second-order valence-corrected chi connectivity index (χ2v) is 6.39. The van der Waals surface area contributed by atoms with Crippen LogP contribution in [-0.2, 0) is 6.54 Å². The maximum Gasteiger partial charge on any atom is 0.0500 e. The Balaban J connectivity index is 2.26. The van der Waals surface area contributed by atoms with Gasteiger partial charge in [0.15, 0.2) is 0 Å². The zero-order valence-corrected chi connectivity index (χ0v) is 13.4. The predicted molar refractivity (Wildman–Crippen MR) is 88.0 cm³/mol. The summed E-state index contributed by atoms with van der Waals surface area (Å²) < 4.78 is 0. The molecule has 0 radical (unpaired) electrons. The van der Waals surface area contributed by atoms with Crippen molar-refractivity contribution in [3.8, 4) is 0 Å². The molecule has 2 N–H and O–H groups in total. The van der Waals surface area contributed by atoms with E-state index in [0.29, 0.717) is 0 Å². The number of benzene rings is 1. The summed E-state index contributed by atoms with van der Waals surface area (Å²) >= 11 is 1.81. The summed E-state index contributed by atoms with van der Waals surface area (Å²) in [6, 6.07) is 13.4. The van der Waals surface area contributed by atoms with E-state index >= 15 is 0 Å². The molecule has 0 saturated carbocycles. The zero-order chi connectivity index (χ0) is 14.5. The van der Waals surface area contributed by atoms with Gasteiger partial charge in [0.25, 0.3) is 0 Å². The predicted octanol–water partition coefficient (Wildman–Crippen LogP) is 3.97. The Morgan fingerprint density at radius 1 is 1.25 bits per heavy atom. The van der Waals surface area contributed by atoms with Crippen LogP contribution in [-0.4, -0.2) is 17.5 Å². The largest absolute Gasteiger partial charge is 0.326 e. The third-order valence-corrected chi connectivity index (χ3v) is 4.48. The Labute approximate surface area is 126 Å². The molecule has 1 aromatic carbocycles. The fraction of sp³-hybridized carbons (Fsp3) is 0.412. The summed E-state index contributed by atoms with van der Waals surface area (Å²) in [7, 11) is 0. The van der Waals surface area contributed by atoms with Gasteiger partial charge < -0.3 is 5.73 Å². The first-order valence-corrected chi connectivity index (χ1v) is 8.08. The van der Waals surface area contributed by atoms with Gasteiger partial charge in [-0.05, 0) is 37.4 Å². The Hall–Kier alpha value is -1.16. The number of likely N-dealkylation sites (N-methyl/N-ethyl adjacent to an activating group) is 1. The van der Waals surface area contributed by atoms with Gasteiger partial charge in [-0.15, -0.1) is 11.3 Å². The molecule has 0 aliphatic heterocycles. The number of aryl methyl sites for hydroxylation is 1. The first-order valence-electron chi connectivity index (χ1n) is 7.20. The third kappa shape index (κ3) is 3.69. The summed E-state index contributed by atoms with van der Waals surface area (Å²) in [5.74, 6) is 0. The van der Waals surface area contributed by atoms with Crippen molar-refractivity contribution < 1.29 is 0 Å². The van der Waals surface area contributed by atoms with Crippen LogP contribution in [0.25, 0.3) is 0 Å². The van der Waals surface area contributed by atoms with E-state index in [4.69, 9.17) is 5.73 Å². The fourth-order valence-electron chi connectivity index (χ4n) is 2.71. The van der Waals surface area contributed by atoms with E-state index in [9.17, 15) is 0 Å². The Bertz CT molecular complexity index is 520. The maximum absolute atomic E-state index is 6.29. The Morgan fingerprint density at radius 2 is 2.05 bits per heavy atom. The minimum atomic E-state index is 0.108. The molecule has 20 heavy (non-hydrogen) atoms. The van der Waals surface area contributed by atoms with E-state index in [1.165, 1.54) is 16.0 Å². The summed E-state index contributed by atoms with van der Waals surface area (Å²) in [5.41, 5.74) is 8.90. The van der Waals surface area contributed by atoms with Crippen molar-refractivity contribution in [3.63, 3.8) is 0 Å². The lowest BCUT2D eigenvalue weighted by Crippen LogP contribution is -2.39. The lowest BCUT2D eigenvalue weighted by Gasteiger charge is -2.33. The van der Waals surface area contributed by atoms with E-state index in [2.05, 4.69) is 67.4 Å². The third-order valence-electron chi connectivity index (χ3n) is 3.62. The average Bonchev–Trinajstić information content (AvgIpc) is 2.90. The quantitative estimate of drug-likeness (QED) is 0.871. The second-order valence-electron chi connectivity index (χ2n) is 5.36. The van der Waals surface area contributed by atoms with Crippen LogP contribution in [0.3, 0.4) is 0 Å². The first kappa shape index (κ1) is 15.2. The van der Waals surface area contributed by atoms with Crippen molar-refractivity contribution >= 4 is 11.3 Å². The summed E-state index contributed by atoms with van der Waals surface area (Å²) in [5, 5.41) is 2.14. The van der Waals surface area contributed by atoms with E-state index in [1.807, 2.05) is 11.3 Å². The standard InChI is InChI=1S/C17H24N2S/c1-4-19(12-16-9-6-10-20-16)17(14(3)18)15-8-5-7-13(2)11-15/h5-11,14,17H,4,12,18H2,1-3H3. The van der Waals surface area contributed by atoms with Gasteiger partial charge in [0, 0.05) is 23.5 Å². The second kappa shape index (κ2) is 7.02. The van der Waals surface area contributed by atoms with Gasteiger partial charge in [0.05, 0.1) is 0 Å². The molecule has 108 valence electrons. The fourth-order valence-corrected chi connectivity index (χ4v) is 3.44. The number of rotatable bonds is 6. The van der Waals surface area contributed by atoms with Gasteiger partial charge in [-0.2, -0.15) is 0 Å². The normalized spacial score (nSPS) is 14.4. The first-order chi connectivity index (χ1) is 9.61. The van der Waals surface area contributed by atoms with Crippen molar-refractivity contribution in [2.24, 2.45) is 5.73 Å². The highest BCUT2D eigenvalue weighted by atomic mass is 32.1. The van der Waals surface area contributed by atoms with Crippen molar-refractivity contribution in [2.45, 2.75) is 39.4 Å². The molecule has 0 bridgehead atoms. The SMILES string of the molecule is CCN(Cc1cccs1)C(c1cccc(C)c1)C(C)N. The highest BCUT2D eigenvalue weighted by molar-refractivity contribution is 7.09. The highest BCUT2D eigenvalue weighted by Crippen LogP contribution is 2.27. The van der Waals surface area contributed by atoms with E-state index in [1.54, 1.807) is 0 Å². The summed E-state index contributed by atoms with van der Waals surface area (Å²) in [4.78, 5) is 3.86. The van der Waals surface area contributed by atoms with Gasteiger partial charge in [0.1, 0.15) is 0 Å². The van der Waals surface area contributed by atoms with Crippen molar-refractivity contribution in [1.29, 1.82) is 0 Å². The van der Waals surface area contributed by atoms with Gasteiger partial charge in [-0.1, -0.05) is 42.8 Å². The minimum absolute atomic E-state index is 0.108. The number of hydrogen-bond acceptors (Lipinski definition) is 3. The molecule has 2 unspecified atom stereocenters. The smallest absolute Gasteiger partial charge is 0.0500 e. The van der Waals surface area contributed by atoms with Gasteiger partial charge in [-0.3, -0.25) is 4.90 Å². The molecule has 0 saturated heterocycles. The van der Waals surface area contributed by atoms with Crippen molar-refractivity contribution in [2.75, 3.05) is 6.54 Å². The van der Waals surface area contributed by atoms with Gasteiger partial charge >= 0.3 is 0 Å². The van der Waals surface area contributed by atoms with Crippen LogP contribution in [0.4, 0.5) is 0 Å². The molecular formula is C17H24N2S. The number of thiophene rings is 1. The van der Waals surface area contributed by atoms with Crippen LogP contribution in [0, 0.1) is 6.92 Å². The molecule has 2 aromatic rings. The van der Waals surface area contributed by atoms with Crippen LogP contribution in [0.5, 0.6) is 0 Å². The molecule has 0 fully saturated rings. The topological polar surface area (TPSA) is 29.3 Å². The molecule has 3 heteroatoms. The minimum Gasteiger partial charge on any atom is -0.326 e. The van der Waals surface area contributed by atoms with Crippen LogP contribution in [0.1, 0.15) is 35.9 Å². The van der Waals surface area contributed by atoms with E-state index < -0.39 is 0 Å². The molecule has 1 heterocycles. The molecule has 2 nitrogen and oxygen atoms in total. The lowest BCUT2D eigenvalue weighted by molar-refractivity contribution is 0.178. The lowest BCUT2D eigenvalue weighted by atomic mass is 9.97. The van der Waals surface area contributed by atoms with Crippen LogP contribution in [0.2, 0.25) is 0 Å². The molecular weight excluding hydrogens is 264 g/mol. The Morgan fingerprint density at radius 3 is 2.60 bits per heavy atom. The summed E-state index contributed by atoms with van der Waals surface area (Å²) in [6.45, 7) is 8.41. The molecule has 2 rings (SSSR count). The van der Waals surface area contributed by atoms with Crippen molar-refractivity contribution in [1.82, 2.24) is 4.90 Å². The molecule has 0 aliphatic carbocycles. The molecule has 0 amide bonds. The average molecular weight is 288 g/mol. The van der Waals surface area contributed by atoms with Crippen LogP contribution < -0.4 is 5.73 Å². The monoisotopic (exact) mass is 288 g/mol. The summed E-state index contributed by atoms with van der Waals surface area (Å²) in [6.07, 6.45) is 0. The molecule has 2 atom stereocenters. The molecule has 0 spiro atoms. The molecule has 0 aliphatic rings. The number of nitrogens with two attached hydrogens (primary N) is 1. The zero-order valence-electron chi connectivity index (χ0n) is 12.5. The van der Waals surface area contributed by atoms with E-state index in [0.717, 1.165) is 13.1 Å².